The van der Waals surface area contributed by atoms with Crippen LogP contribution in [-0.2, 0) is 21.3 Å². The third-order valence-corrected chi connectivity index (χ3v) is 5.72. The van der Waals surface area contributed by atoms with E-state index >= 15 is 0 Å². The normalized spacial score (nSPS) is 11.4. The van der Waals surface area contributed by atoms with Gasteiger partial charge in [-0.1, -0.05) is 0 Å². The Balaban J connectivity index is 1.96. The van der Waals surface area contributed by atoms with Gasteiger partial charge in [0.25, 0.3) is 5.91 Å². The largest absolute Gasteiger partial charge is 0.383 e. The van der Waals surface area contributed by atoms with Crippen LogP contribution in [0.4, 0.5) is 0 Å². The number of sulfonamides is 1. The molecule has 2 aromatic rings. The average molecular weight is 368 g/mol. The van der Waals surface area contributed by atoms with Crippen molar-refractivity contribution in [3.8, 4) is 0 Å². The van der Waals surface area contributed by atoms with E-state index in [1.165, 1.54) is 36.3 Å². The molecule has 0 saturated carbocycles. The van der Waals surface area contributed by atoms with Crippen LogP contribution in [0.2, 0.25) is 0 Å². The lowest BCUT2D eigenvalue weighted by molar-refractivity contribution is 0.0951. The van der Waals surface area contributed by atoms with E-state index in [0.29, 0.717) is 18.7 Å². The highest BCUT2D eigenvalue weighted by Crippen LogP contribution is 2.15. The molecule has 0 saturated heterocycles. The van der Waals surface area contributed by atoms with Gasteiger partial charge < -0.3 is 10.1 Å². The van der Waals surface area contributed by atoms with Gasteiger partial charge in [0.05, 0.1) is 18.0 Å². The number of carbonyl (C=O) groups excluding carboxylic acids is 1. The summed E-state index contributed by atoms with van der Waals surface area (Å²) in [5.74, 6) is -0.239. The van der Waals surface area contributed by atoms with Crippen LogP contribution in [0.15, 0.2) is 41.3 Å². The fourth-order valence-electron chi connectivity index (χ4n) is 2.00. The maximum absolute atomic E-state index is 12.1. The molecule has 130 valence electrons. The molecular weight excluding hydrogens is 348 g/mol. The van der Waals surface area contributed by atoms with Crippen molar-refractivity contribution < 1.29 is 17.9 Å². The first-order valence-electron chi connectivity index (χ1n) is 7.34. The van der Waals surface area contributed by atoms with Crippen LogP contribution in [0.3, 0.4) is 0 Å². The number of ether oxygens (including phenoxy) is 1. The molecule has 1 amide bonds. The van der Waals surface area contributed by atoms with Gasteiger partial charge in [-0.3, -0.25) is 4.79 Å². The Morgan fingerprint density at radius 1 is 1.17 bits per heavy atom. The number of nitrogens with one attached hydrogen (secondary N) is 2. The number of benzene rings is 1. The van der Waals surface area contributed by atoms with Crippen molar-refractivity contribution in [3.05, 3.63) is 51.7 Å². The summed E-state index contributed by atoms with van der Waals surface area (Å²) in [6, 6.07) is 9.81. The first-order valence-corrected chi connectivity index (χ1v) is 9.64. The molecule has 1 heterocycles. The van der Waals surface area contributed by atoms with E-state index in [9.17, 15) is 13.2 Å². The minimum Gasteiger partial charge on any atom is -0.383 e. The standard InChI is InChI=1S/C16H20N2O4S2/c1-12-3-6-14(23-12)11-17-16(19)13-4-7-15(8-5-13)24(20,21)18-9-10-22-2/h3-8,18H,9-11H2,1-2H3,(H,17,19). The van der Waals surface area contributed by atoms with Gasteiger partial charge in [-0.05, 0) is 43.3 Å². The summed E-state index contributed by atoms with van der Waals surface area (Å²) in [5.41, 5.74) is 0.416. The van der Waals surface area contributed by atoms with Crippen molar-refractivity contribution in [3.63, 3.8) is 0 Å². The van der Waals surface area contributed by atoms with Crippen molar-refractivity contribution in [2.75, 3.05) is 20.3 Å². The summed E-state index contributed by atoms with van der Waals surface area (Å²) in [7, 11) is -2.09. The van der Waals surface area contributed by atoms with Gasteiger partial charge in [-0.15, -0.1) is 11.3 Å². The second-order valence-electron chi connectivity index (χ2n) is 5.11. The molecule has 0 bridgehead atoms. The molecule has 2 rings (SSSR count). The second-order valence-corrected chi connectivity index (χ2v) is 8.25. The summed E-state index contributed by atoms with van der Waals surface area (Å²) in [6.07, 6.45) is 0. The van der Waals surface area contributed by atoms with Crippen LogP contribution in [-0.4, -0.2) is 34.6 Å². The van der Waals surface area contributed by atoms with Crippen molar-refractivity contribution in [1.82, 2.24) is 10.0 Å². The van der Waals surface area contributed by atoms with Gasteiger partial charge in [-0.25, -0.2) is 13.1 Å². The smallest absolute Gasteiger partial charge is 0.251 e. The number of methoxy groups -OCH3 is 1. The fourth-order valence-corrected chi connectivity index (χ4v) is 3.84. The van der Waals surface area contributed by atoms with E-state index in [0.717, 1.165) is 4.88 Å². The molecule has 0 aliphatic heterocycles. The summed E-state index contributed by atoms with van der Waals surface area (Å²) in [6.45, 7) is 2.95. The summed E-state index contributed by atoms with van der Waals surface area (Å²) >= 11 is 1.63. The van der Waals surface area contributed by atoms with E-state index in [-0.39, 0.29) is 17.3 Å². The maximum Gasteiger partial charge on any atom is 0.251 e. The number of thiophene rings is 1. The number of amides is 1. The summed E-state index contributed by atoms with van der Waals surface area (Å²) < 4.78 is 31.3. The van der Waals surface area contributed by atoms with Crippen LogP contribution in [0.25, 0.3) is 0 Å². The molecule has 0 unspecified atom stereocenters. The van der Waals surface area contributed by atoms with Gasteiger partial charge in [0.1, 0.15) is 0 Å². The third kappa shape index (κ3) is 5.13. The minimum atomic E-state index is -3.59. The lowest BCUT2D eigenvalue weighted by Crippen LogP contribution is -2.27. The molecule has 0 atom stereocenters. The van der Waals surface area contributed by atoms with Crippen molar-refractivity contribution in [2.24, 2.45) is 0 Å². The zero-order valence-corrected chi connectivity index (χ0v) is 15.2. The number of aryl methyl sites for hydroxylation is 1. The van der Waals surface area contributed by atoms with Crippen molar-refractivity contribution >= 4 is 27.3 Å². The maximum atomic E-state index is 12.1. The Labute approximate surface area is 145 Å². The van der Waals surface area contributed by atoms with E-state index < -0.39 is 10.0 Å². The topological polar surface area (TPSA) is 84.5 Å². The fraction of sp³-hybridized carbons (Fsp3) is 0.312. The lowest BCUT2D eigenvalue weighted by Gasteiger charge is -2.08. The van der Waals surface area contributed by atoms with Crippen LogP contribution >= 0.6 is 11.3 Å². The molecule has 8 heteroatoms. The third-order valence-electron chi connectivity index (χ3n) is 3.24. The molecule has 0 spiro atoms. The molecule has 0 radical (unpaired) electrons. The minimum absolute atomic E-state index is 0.115. The Morgan fingerprint density at radius 3 is 2.46 bits per heavy atom. The molecular formula is C16H20N2O4S2. The van der Waals surface area contributed by atoms with Gasteiger partial charge >= 0.3 is 0 Å². The SMILES string of the molecule is COCCNS(=O)(=O)c1ccc(C(=O)NCc2ccc(C)s2)cc1. The Morgan fingerprint density at radius 2 is 1.88 bits per heavy atom. The quantitative estimate of drug-likeness (QED) is 0.697. The van der Waals surface area contributed by atoms with Crippen LogP contribution in [0.1, 0.15) is 20.1 Å². The summed E-state index contributed by atoms with van der Waals surface area (Å²) in [5, 5.41) is 2.82. The van der Waals surface area contributed by atoms with Crippen LogP contribution in [0.5, 0.6) is 0 Å². The Hall–Kier alpha value is -1.74. The zero-order chi connectivity index (χ0) is 17.6. The monoisotopic (exact) mass is 368 g/mol. The lowest BCUT2D eigenvalue weighted by atomic mass is 10.2. The molecule has 0 fully saturated rings. The average Bonchev–Trinajstić information content (AvgIpc) is 2.98. The Kier molecular flexibility index (Phi) is 6.50. The second kappa shape index (κ2) is 8.39. The molecule has 0 aliphatic rings. The number of hydrogen-bond acceptors (Lipinski definition) is 5. The molecule has 0 aliphatic carbocycles. The van der Waals surface area contributed by atoms with Crippen LogP contribution < -0.4 is 10.0 Å². The predicted octanol–water partition coefficient (Wildman–Crippen LogP) is 1.91. The Bertz CT molecular complexity index is 783. The molecule has 1 aromatic carbocycles. The van der Waals surface area contributed by atoms with E-state index in [4.69, 9.17) is 4.74 Å². The van der Waals surface area contributed by atoms with Crippen molar-refractivity contribution in [2.45, 2.75) is 18.4 Å². The highest BCUT2D eigenvalue weighted by molar-refractivity contribution is 7.89. The van der Waals surface area contributed by atoms with Gasteiger partial charge in [0, 0.05) is 29.0 Å². The number of hydrogen-bond donors (Lipinski definition) is 2. The van der Waals surface area contributed by atoms with Crippen molar-refractivity contribution in [1.29, 1.82) is 0 Å². The van der Waals surface area contributed by atoms with Crippen LogP contribution in [0, 0.1) is 6.92 Å². The molecule has 6 nitrogen and oxygen atoms in total. The first-order chi connectivity index (χ1) is 11.4. The van der Waals surface area contributed by atoms with Gasteiger partial charge in [0.15, 0.2) is 0 Å². The highest BCUT2D eigenvalue weighted by Gasteiger charge is 2.14. The van der Waals surface area contributed by atoms with Gasteiger partial charge in [-0.2, -0.15) is 0 Å². The molecule has 2 N–H and O–H groups in total. The molecule has 24 heavy (non-hydrogen) atoms. The molecule has 1 aromatic heterocycles. The number of carbonyl (C=O) groups is 1. The van der Waals surface area contributed by atoms with E-state index in [1.807, 2.05) is 19.1 Å². The van der Waals surface area contributed by atoms with Gasteiger partial charge in [0.2, 0.25) is 10.0 Å². The predicted molar refractivity (Wildman–Crippen MR) is 93.7 cm³/mol. The first kappa shape index (κ1) is 18.6. The van der Waals surface area contributed by atoms with E-state index in [2.05, 4.69) is 10.0 Å². The number of rotatable bonds is 8. The highest BCUT2D eigenvalue weighted by atomic mass is 32.2. The summed E-state index contributed by atoms with van der Waals surface area (Å²) in [4.78, 5) is 14.5. The van der Waals surface area contributed by atoms with E-state index in [1.54, 1.807) is 11.3 Å². The zero-order valence-electron chi connectivity index (χ0n) is 13.5.